The predicted molar refractivity (Wildman–Crippen MR) is 71.5 cm³/mol. The van der Waals surface area contributed by atoms with E-state index in [1.807, 2.05) is 13.0 Å². The average Bonchev–Trinajstić information content (AvgIpc) is 2.09. The third kappa shape index (κ3) is 7.67. The van der Waals surface area contributed by atoms with Gasteiger partial charge in [0, 0.05) is 12.3 Å². The van der Waals surface area contributed by atoms with Gasteiger partial charge in [0.25, 0.3) is 0 Å². The molecule has 0 aromatic rings. The summed E-state index contributed by atoms with van der Waals surface area (Å²) in [7, 11) is 0. The highest BCUT2D eigenvalue weighted by atomic mass is 16.1. The molecule has 0 saturated carbocycles. The summed E-state index contributed by atoms with van der Waals surface area (Å²) >= 11 is 0. The summed E-state index contributed by atoms with van der Waals surface area (Å²) in [6.45, 7) is 12.9. The van der Waals surface area contributed by atoms with Crippen LogP contribution in [-0.4, -0.2) is 5.78 Å². The lowest BCUT2D eigenvalue weighted by molar-refractivity contribution is -0.124. The molecule has 0 heterocycles. The topological polar surface area (TPSA) is 17.1 Å². The van der Waals surface area contributed by atoms with Crippen molar-refractivity contribution in [1.82, 2.24) is 0 Å². The molecule has 0 saturated heterocycles. The Labute approximate surface area is 101 Å². The van der Waals surface area contributed by atoms with E-state index in [2.05, 4.69) is 40.7 Å². The molecule has 0 aromatic carbocycles. The standard InChI is InChI=1S/C15H28O/c1-7-8-9-13(11-15(4,5)6)14(16)10-12(2)3/h7-8,12-13H,9-11H2,1-6H3/b8-7+. The van der Waals surface area contributed by atoms with Gasteiger partial charge in [-0.2, -0.15) is 0 Å². The zero-order chi connectivity index (χ0) is 12.8. The SMILES string of the molecule is C/C=C/CC(CC(C)(C)C)C(=O)CC(C)C. The van der Waals surface area contributed by atoms with Gasteiger partial charge < -0.3 is 0 Å². The molecule has 1 heteroatoms. The molecule has 1 atom stereocenters. The number of hydrogen-bond acceptors (Lipinski definition) is 1. The number of Topliss-reactive ketones (excluding diaryl/α,β-unsaturated/α-hetero) is 1. The minimum atomic E-state index is 0.207. The molecule has 0 aliphatic rings. The Bertz CT molecular complexity index is 230. The molecule has 0 aliphatic heterocycles. The van der Waals surface area contributed by atoms with Crippen LogP contribution in [0.2, 0.25) is 0 Å². The van der Waals surface area contributed by atoms with Crippen molar-refractivity contribution in [3.8, 4) is 0 Å². The first kappa shape index (κ1) is 15.4. The van der Waals surface area contributed by atoms with Crippen molar-refractivity contribution in [2.24, 2.45) is 17.3 Å². The second-order valence-electron chi connectivity index (χ2n) is 6.33. The monoisotopic (exact) mass is 224 g/mol. The van der Waals surface area contributed by atoms with Crippen molar-refractivity contribution in [3.05, 3.63) is 12.2 Å². The maximum Gasteiger partial charge on any atom is 0.136 e. The predicted octanol–water partition coefficient (Wildman–Crippen LogP) is 4.62. The zero-order valence-corrected chi connectivity index (χ0v) is 11.8. The second-order valence-corrected chi connectivity index (χ2v) is 6.33. The number of carbonyl (C=O) groups is 1. The highest BCUT2D eigenvalue weighted by molar-refractivity contribution is 5.81. The van der Waals surface area contributed by atoms with E-state index >= 15 is 0 Å². The Morgan fingerprint density at radius 2 is 1.81 bits per heavy atom. The maximum absolute atomic E-state index is 12.1. The number of allylic oxidation sites excluding steroid dienone is 2. The number of hydrogen-bond donors (Lipinski definition) is 0. The lowest BCUT2D eigenvalue weighted by Gasteiger charge is -2.25. The van der Waals surface area contributed by atoms with E-state index < -0.39 is 0 Å². The largest absolute Gasteiger partial charge is 0.299 e. The molecule has 16 heavy (non-hydrogen) atoms. The normalized spacial score (nSPS) is 14.7. The molecular weight excluding hydrogens is 196 g/mol. The molecule has 1 unspecified atom stereocenters. The summed E-state index contributed by atoms with van der Waals surface area (Å²) < 4.78 is 0. The van der Waals surface area contributed by atoms with Crippen molar-refractivity contribution in [2.45, 2.75) is 60.8 Å². The van der Waals surface area contributed by atoms with Gasteiger partial charge in [-0.15, -0.1) is 0 Å². The van der Waals surface area contributed by atoms with E-state index in [9.17, 15) is 4.79 Å². The highest BCUT2D eigenvalue weighted by Crippen LogP contribution is 2.28. The van der Waals surface area contributed by atoms with Gasteiger partial charge >= 0.3 is 0 Å². The molecule has 0 rings (SSSR count). The van der Waals surface area contributed by atoms with E-state index in [0.29, 0.717) is 11.7 Å². The first-order valence-corrected chi connectivity index (χ1v) is 6.40. The first-order chi connectivity index (χ1) is 7.26. The average molecular weight is 224 g/mol. The van der Waals surface area contributed by atoms with Crippen LogP contribution in [0.3, 0.4) is 0 Å². The van der Waals surface area contributed by atoms with E-state index in [1.54, 1.807) is 0 Å². The fourth-order valence-corrected chi connectivity index (χ4v) is 1.94. The van der Waals surface area contributed by atoms with Gasteiger partial charge in [-0.1, -0.05) is 46.8 Å². The summed E-state index contributed by atoms with van der Waals surface area (Å²) in [6.07, 6.45) is 6.77. The molecule has 0 bridgehead atoms. The molecule has 0 spiro atoms. The smallest absolute Gasteiger partial charge is 0.136 e. The number of rotatable bonds is 6. The molecule has 0 fully saturated rings. The Morgan fingerprint density at radius 3 is 2.19 bits per heavy atom. The van der Waals surface area contributed by atoms with E-state index in [1.165, 1.54) is 0 Å². The van der Waals surface area contributed by atoms with Crippen LogP contribution >= 0.6 is 0 Å². The van der Waals surface area contributed by atoms with Crippen molar-refractivity contribution in [1.29, 1.82) is 0 Å². The molecule has 0 N–H and O–H groups in total. The fraction of sp³-hybridized carbons (Fsp3) is 0.800. The van der Waals surface area contributed by atoms with Crippen LogP contribution in [0, 0.1) is 17.3 Å². The van der Waals surface area contributed by atoms with Crippen LogP contribution in [-0.2, 0) is 4.79 Å². The van der Waals surface area contributed by atoms with E-state index in [-0.39, 0.29) is 11.3 Å². The molecule has 0 amide bonds. The lowest BCUT2D eigenvalue weighted by Crippen LogP contribution is -2.22. The minimum absolute atomic E-state index is 0.207. The summed E-state index contributed by atoms with van der Waals surface area (Å²) in [5.74, 6) is 1.11. The highest BCUT2D eigenvalue weighted by Gasteiger charge is 2.23. The molecular formula is C15H28O. The van der Waals surface area contributed by atoms with Gasteiger partial charge in [0.05, 0.1) is 0 Å². The minimum Gasteiger partial charge on any atom is -0.299 e. The Kier molecular flexibility index (Phi) is 6.62. The lowest BCUT2D eigenvalue weighted by atomic mass is 9.79. The van der Waals surface area contributed by atoms with Crippen LogP contribution in [0.4, 0.5) is 0 Å². The summed E-state index contributed by atoms with van der Waals surface area (Å²) in [5, 5.41) is 0. The first-order valence-electron chi connectivity index (χ1n) is 6.40. The molecule has 1 nitrogen and oxygen atoms in total. The van der Waals surface area contributed by atoms with Crippen molar-refractivity contribution in [2.75, 3.05) is 0 Å². The van der Waals surface area contributed by atoms with Gasteiger partial charge in [-0.3, -0.25) is 4.79 Å². The Hall–Kier alpha value is -0.590. The van der Waals surface area contributed by atoms with Gasteiger partial charge in [0.1, 0.15) is 5.78 Å². The Morgan fingerprint density at radius 1 is 1.25 bits per heavy atom. The van der Waals surface area contributed by atoms with Crippen LogP contribution in [0.25, 0.3) is 0 Å². The van der Waals surface area contributed by atoms with Gasteiger partial charge in [0.15, 0.2) is 0 Å². The van der Waals surface area contributed by atoms with Gasteiger partial charge in [0.2, 0.25) is 0 Å². The Balaban J connectivity index is 4.47. The van der Waals surface area contributed by atoms with Crippen LogP contribution in [0.15, 0.2) is 12.2 Å². The molecule has 0 aromatic heterocycles. The fourth-order valence-electron chi connectivity index (χ4n) is 1.94. The zero-order valence-electron chi connectivity index (χ0n) is 11.8. The van der Waals surface area contributed by atoms with Gasteiger partial charge in [-0.05, 0) is 31.1 Å². The number of ketones is 1. The summed E-state index contributed by atoms with van der Waals surface area (Å²) in [4.78, 5) is 12.1. The van der Waals surface area contributed by atoms with Crippen molar-refractivity contribution >= 4 is 5.78 Å². The third-order valence-electron chi connectivity index (χ3n) is 2.58. The van der Waals surface area contributed by atoms with E-state index in [4.69, 9.17) is 0 Å². The second kappa shape index (κ2) is 6.88. The van der Waals surface area contributed by atoms with E-state index in [0.717, 1.165) is 19.3 Å². The summed E-state index contributed by atoms with van der Waals surface area (Å²) in [5.41, 5.74) is 0.235. The third-order valence-corrected chi connectivity index (χ3v) is 2.58. The molecule has 0 radical (unpaired) electrons. The van der Waals surface area contributed by atoms with Crippen molar-refractivity contribution in [3.63, 3.8) is 0 Å². The van der Waals surface area contributed by atoms with Gasteiger partial charge in [-0.25, -0.2) is 0 Å². The van der Waals surface area contributed by atoms with Crippen molar-refractivity contribution < 1.29 is 4.79 Å². The van der Waals surface area contributed by atoms with Crippen LogP contribution in [0.5, 0.6) is 0 Å². The number of carbonyl (C=O) groups excluding carboxylic acids is 1. The summed E-state index contributed by atoms with van der Waals surface area (Å²) in [6, 6.07) is 0. The molecule has 0 aliphatic carbocycles. The van der Waals surface area contributed by atoms with Crippen LogP contribution in [0.1, 0.15) is 60.8 Å². The molecule has 94 valence electrons. The maximum atomic E-state index is 12.1. The van der Waals surface area contributed by atoms with Crippen LogP contribution < -0.4 is 0 Å². The quantitative estimate of drug-likeness (QED) is 0.602.